The third-order valence-electron chi connectivity index (χ3n) is 3.35. The van der Waals surface area contributed by atoms with Crippen molar-refractivity contribution in [2.45, 2.75) is 24.5 Å². The molecule has 3 heterocycles. The molecule has 2 aromatic rings. The zero-order valence-electron chi connectivity index (χ0n) is 11.5. The van der Waals surface area contributed by atoms with Gasteiger partial charge in [-0.2, -0.15) is 4.98 Å². The van der Waals surface area contributed by atoms with Crippen molar-refractivity contribution in [2.75, 3.05) is 12.3 Å². The fourth-order valence-electron chi connectivity index (χ4n) is 2.29. The van der Waals surface area contributed by atoms with Crippen LogP contribution in [0.25, 0.3) is 11.2 Å². The summed E-state index contributed by atoms with van der Waals surface area (Å²) >= 11 is 0. The number of phosphoric acid groups is 1. The maximum atomic E-state index is 10.7. The Morgan fingerprint density at radius 1 is 1.35 bits per heavy atom. The first-order valence-electron chi connectivity index (χ1n) is 6.43. The average molecular weight is 347 g/mol. The topological polar surface area (TPSA) is 186 Å². The molecule has 0 aliphatic carbocycles. The fraction of sp³-hybridized carbons (Fsp3) is 0.500. The lowest BCUT2D eigenvalue weighted by Gasteiger charge is -2.16. The lowest BCUT2D eigenvalue weighted by atomic mass is 10.1. The monoisotopic (exact) mass is 347 g/mol. The molecule has 6 N–H and O–H groups in total. The highest BCUT2D eigenvalue weighted by atomic mass is 31.2. The molecule has 23 heavy (non-hydrogen) atoms. The van der Waals surface area contributed by atoms with Gasteiger partial charge in [0.2, 0.25) is 5.95 Å². The second-order valence-electron chi connectivity index (χ2n) is 4.92. The number of anilines is 1. The summed E-state index contributed by atoms with van der Waals surface area (Å²) in [4.78, 5) is 29.2. The van der Waals surface area contributed by atoms with E-state index in [9.17, 15) is 14.8 Å². The van der Waals surface area contributed by atoms with Crippen LogP contribution in [0.5, 0.6) is 0 Å². The Kier molecular flexibility index (Phi) is 4.06. The number of hydrogen-bond donors (Lipinski definition) is 5. The second-order valence-corrected chi connectivity index (χ2v) is 6.16. The van der Waals surface area contributed by atoms with Crippen LogP contribution in [0.3, 0.4) is 0 Å². The maximum absolute atomic E-state index is 10.7. The normalized spacial score (nSPS) is 28.5. The molecule has 2 aromatic heterocycles. The van der Waals surface area contributed by atoms with Gasteiger partial charge in [0.15, 0.2) is 11.9 Å². The minimum atomic E-state index is -4.72. The van der Waals surface area contributed by atoms with Crippen LogP contribution in [0.4, 0.5) is 5.95 Å². The Labute approximate surface area is 128 Å². The first-order valence-corrected chi connectivity index (χ1v) is 7.96. The quantitative estimate of drug-likeness (QED) is 0.390. The molecule has 1 saturated heterocycles. The Morgan fingerprint density at radius 2 is 2.09 bits per heavy atom. The standard InChI is InChI=1S/C10H14N5O7P/c11-10-12-1-4-8(14-10)15(3-13-4)9-7(17)6(16)5(22-9)2-21-23(18,19)20/h1,3,5-7,9,16-17H,2H2,(H2,11,12,14)(H2,18,19,20)/t5-,6-,7-,9-/m1/s1. The van der Waals surface area contributed by atoms with E-state index in [0.717, 1.165) is 0 Å². The van der Waals surface area contributed by atoms with E-state index >= 15 is 0 Å². The summed E-state index contributed by atoms with van der Waals surface area (Å²) in [6, 6.07) is 0. The van der Waals surface area contributed by atoms with Gasteiger partial charge < -0.3 is 30.5 Å². The predicted octanol–water partition coefficient (Wildman–Crippen LogP) is -1.86. The third kappa shape index (κ3) is 3.19. The lowest BCUT2D eigenvalue weighted by molar-refractivity contribution is -0.0503. The van der Waals surface area contributed by atoms with Gasteiger partial charge in [0, 0.05) is 0 Å². The Bertz CT molecular complexity index is 763. The van der Waals surface area contributed by atoms with Crippen LogP contribution in [-0.4, -0.2) is 64.4 Å². The van der Waals surface area contributed by atoms with E-state index < -0.39 is 39.0 Å². The van der Waals surface area contributed by atoms with Crippen LogP contribution in [0.2, 0.25) is 0 Å². The van der Waals surface area contributed by atoms with Crippen molar-refractivity contribution in [3.8, 4) is 0 Å². The molecular formula is C10H14N5O7P. The molecule has 0 radical (unpaired) electrons. The first kappa shape index (κ1) is 16.2. The Balaban J connectivity index is 1.85. The third-order valence-corrected chi connectivity index (χ3v) is 3.84. The summed E-state index contributed by atoms with van der Waals surface area (Å²) in [5.74, 6) is -0.00586. The number of nitrogen functional groups attached to an aromatic ring is 1. The van der Waals surface area contributed by atoms with Gasteiger partial charge in [0.25, 0.3) is 0 Å². The Morgan fingerprint density at radius 3 is 2.78 bits per heavy atom. The van der Waals surface area contributed by atoms with E-state index in [1.807, 2.05) is 0 Å². The number of aromatic nitrogens is 4. The summed E-state index contributed by atoms with van der Waals surface area (Å²) < 4.78 is 21.8. The van der Waals surface area contributed by atoms with Crippen LogP contribution in [0.15, 0.2) is 12.5 Å². The van der Waals surface area contributed by atoms with Gasteiger partial charge in [-0.15, -0.1) is 0 Å². The number of ether oxygens (including phenoxy) is 1. The first-order chi connectivity index (χ1) is 10.8. The van der Waals surface area contributed by atoms with Gasteiger partial charge in [-0.05, 0) is 0 Å². The van der Waals surface area contributed by atoms with E-state index in [4.69, 9.17) is 20.3 Å². The zero-order valence-corrected chi connectivity index (χ0v) is 12.4. The number of aliphatic hydroxyl groups is 2. The molecular weight excluding hydrogens is 333 g/mol. The van der Waals surface area contributed by atoms with Crippen molar-refractivity contribution in [2.24, 2.45) is 0 Å². The van der Waals surface area contributed by atoms with Crippen molar-refractivity contribution in [1.29, 1.82) is 0 Å². The van der Waals surface area contributed by atoms with Gasteiger partial charge in [-0.25, -0.2) is 14.5 Å². The fourth-order valence-corrected chi connectivity index (χ4v) is 2.63. The summed E-state index contributed by atoms with van der Waals surface area (Å²) in [7, 11) is -4.72. The highest BCUT2D eigenvalue weighted by Crippen LogP contribution is 2.38. The predicted molar refractivity (Wildman–Crippen MR) is 73.7 cm³/mol. The smallest absolute Gasteiger partial charge is 0.387 e. The van der Waals surface area contributed by atoms with Gasteiger partial charge in [0.1, 0.15) is 23.8 Å². The molecule has 1 aliphatic heterocycles. The van der Waals surface area contributed by atoms with Gasteiger partial charge in [-0.1, -0.05) is 0 Å². The van der Waals surface area contributed by atoms with Crippen LogP contribution in [0.1, 0.15) is 6.23 Å². The van der Waals surface area contributed by atoms with Crippen molar-refractivity contribution in [3.63, 3.8) is 0 Å². The van der Waals surface area contributed by atoms with Crippen LogP contribution in [-0.2, 0) is 13.8 Å². The summed E-state index contributed by atoms with van der Waals surface area (Å²) in [6.45, 7) is -0.594. The molecule has 0 saturated carbocycles. The van der Waals surface area contributed by atoms with Gasteiger partial charge in [0.05, 0.1) is 19.1 Å². The molecule has 126 valence electrons. The van der Waals surface area contributed by atoms with Crippen molar-refractivity contribution in [1.82, 2.24) is 19.5 Å². The average Bonchev–Trinajstić information content (AvgIpc) is 2.99. The molecule has 0 amide bonds. The van der Waals surface area contributed by atoms with Gasteiger partial charge >= 0.3 is 7.82 Å². The largest absolute Gasteiger partial charge is 0.469 e. The van der Waals surface area contributed by atoms with Crippen LogP contribution in [0, 0.1) is 0 Å². The van der Waals surface area contributed by atoms with E-state index in [1.54, 1.807) is 0 Å². The SMILES string of the molecule is Nc1ncc2ncn([C@@H]3O[C@H](COP(=O)(O)O)[C@@H](O)[C@H]3O)c2n1. The molecule has 0 aromatic carbocycles. The highest BCUT2D eigenvalue weighted by Gasteiger charge is 2.45. The van der Waals surface area contributed by atoms with E-state index in [0.29, 0.717) is 5.52 Å². The van der Waals surface area contributed by atoms with Crippen molar-refractivity contribution in [3.05, 3.63) is 12.5 Å². The lowest BCUT2D eigenvalue weighted by Crippen LogP contribution is -2.33. The Hall–Kier alpha value is -1.66. The summed E-state index contributed by atoms with van der Waals surface area (Å²) in [6.07, 6.45) is -2.29. The van der Waals surface area contributed by atoms with E-state index in [-0.39, 0.29) is 11.6 Å². The number of fused-ring (bicyclic) bond motifs is 1. The minimum absolute atomic E-state index is 0.00586. The molecule has 0 spiro atoms. The number of imidazole rings is 1. The van der Waals surface area contributed by atoms with Crippen molar-refractivity contribution < 1.29 is 33.8 Å². The molecule has 13 heteroatoms. The number of hydrogen-bond acceptors (Lipinski definition) is 9. The van der Waals surface area contributed by atoms with Gasteiger partial charge in [-0.3, -0.25) is 9.09 Å². The molecule has 4 atom stereocenters. The number of aliphatic hydroxyl groups excluding tert-OH is 2. The number of phosphoric ester groups is 1. The molecule has 0 bridgehead atoms. The maximum Gasteiger partial charge on any atom is 0.469 e. The molecule has 3 rings (SSSR count). The zero-order chi connectivity index (χ0) is 16.8. The molecule has 1 fully saturated rings. The van der Waals surface area contributed by atoms with Crippen LogP contribution < -0.4 is 5.73 Å². The summed E-state index contributed by atoms with van der Waals surface area (Å²) in [5, 5.41) is 20.1. The molecule has 1 aliphatic rings. The molecule has 12 nitrogen and oxygen atoms in total. The number of nitrogens with two attached hydrogens (primary N) is 1. The summed E-state index contributed by atoms with van der Waals surface area (Å²) in [5.41, 5.74) is 6.20. The van der Waals surface area contributed by atoms with Crippen molar-refractivity contribution >= 4 is 24.9 Å². The number of rotatable bonds is 4. The highest BCUT2D eigenvalue weighted by molar-refractivity contribution is 7.46. The van der Waals surface area contributed by atoms with E-state index in [1.165, 1.54) is 17.1 Å². The minimum Gasteiger partial charge on any atom is -0.387 e. The van der Waals surface area contributed by atoms with Crippen LogP contribution >= 0.6 is 7.82 Å². The second kappa shape index (κ2) is 5.76. The number of nitrogens with zero attached hydrogens (tertiary/aromatic N) is 4. The van der Waals surface area contributed by atoms with E-state index in [2.05, 4.69) is 19.5 Å². The molecule has 0 unspecified atom stereocenters.